The number of hydrogen-bond acceptors (Lipinski definition) is 5. The maximum atomic E-state index is 14.3. The fourth-order valence-electron chi connectivity index (χ4n) is 5.21. The molecule has 3 aromatic rings. The van der Waals surface area contributed by atoms with Gasteiger partial charge in [-0.05, 0) is 85.8 Å². The Kier molecular flexibility index (Phi) is 7.04. The van der Waals surface area contributed by atoms with Crippen molar-refractivity contribution in [3.05, 3.63) is 82.9 Å². The van der Waals surface area contributed by atoms with E-state index in [-0.39, 0.29) is 23.6 Å². The Labute approximate surface area is 217 Å². The van der Waals surface area contributed by atoms with Gasteiger partial charge < -0.3 is 19.9 Å². The van der Waals surface area contributed by atoms with E-state index in [1.54, 1.807) is 47.4 Å². The summed E-state index contributed by atoms with van der Waals surface area (Å²) in [7, 11) is 0. The van der Waals surface area contributed by atoms with Gasteiger partial charge in [-0.15, -0.1) is 0 Å². The average Bonchev–Trinajstić information content (AvgIpc) is 3.39. The molecule has 0 saturated heterocycles. The highest BCUT2D eigenvalue weighted by Crippen LogP contribution is 2.35. The minimum absolute atomic E-state index is 0.0811. The van der Waals surface area contributed by atoms with Crippen molar-refractivity contribution in [1.82, 2.24) is 5.32 Å². The minimum atomic E-state index is -0.942. The van der Waals surface area contributed by atoms with E-state index in [1.165, 1.54) is 0 Å². The summed E-state index contributed by atoms with van der Waals surface area (Å²) >= 11 is 0. The van der Waals surface area contributed by atoms with E-state index in [9.17, 15) is 14.7 Å². The van der Waals surface area contributed by atoms with E-state index in [2.05, 4.69) is 5.32 Å². The highest BCUT2D eigenvalue weighted by Gasteiger charge is 2.35. The van der Waals surface area contributed by atoms with Crippen LogP contribution in [0.4, 0.5) is 5.69 Å². The van der Waals surface area contributed by atoms with Gasteiger partial charge >= 0.3 is 0 Å². The van der Waals surface area contributed by atoms with Crippen molar-refractivity contribution >= 4 is 17.5 Å². The highest BCUT2D eigenvalue weighted by atomic mass is 16.6. The molecule has 1 aliphatic heterocycles. The lowest BCUT2D eigenvalue weighted by Gasteiger charge is -2.33. The van der Waals surface area contributed by atoms with Gasteiger partial charge in [-0.2, -0.15) is 0 Å². The third-order valence-corrected chi connectivity index (χ3v) is 6.91. The molecule has 1 saturated carbocycles. The van der Waals surface area contributed by atoms with E-state index in [4.69, 9.17) is 9.47 Å². The zero-order chi connectivity index (χ0) is 25.9. The van der Waals surface area contributed by atoms with Crippen LogP contribution < -0.4 is 19.7 Å². The largest absolute Gasteiger partial charge is 0.508 e. The van der Waals surface area contributed by atoms with Crippen molar-refractivity contribution in [1.29, 1.82) is 0 Å². The lowest BCUT2D eigenvalue weighted by Crippen LogP contribution is -2.46. The van der Waals surface area contributed by atoms with Gasteiger partial charge in [-0.25, -0.2) is 0 Å². The van der Waals surface area contributed by atoms with Crippen LogP contribution in [0.5, 0.6) is 17.2 Å². The van der Waals surface area contributed by atoms with E-state index < -0.39 is 6.04 Å². The Balaban J connectivity index is 1.62. The first-order valence-corrected chi connectivity index (χ1v) is 12.8. The molecule has 192 valence electrons. The van der Waals surface area contributed by atoms with E-state index in [0.717, 1.165) is 36.8 Å². The fourth-order valence-corrected chi connectivity index (χ4v) is 5.21. The van der Waals surface area contributed by atoms with E-state index >= 15 is 0 Å². The number of carbonyl (C=O) groups excluding carboxylic acids is 2. The Morgan fingerprint density at radius 3 is 2.22 bits per heavy atom. The number of phenols is 1. The SMILES string of the molecule is Cc1cc(C)cc(N(C(=O)c2ccc3c(c2)OCCO3)[C@@H](C(=O)NC2CCCC2)c2ccc(O)cc2)c1. The van der Waals surface area contributed by atoms with Crippen LogP contribution in [0.25, 0.3) is 0 Å². The Hall–Kier alpha value is -4.00. The standard InChI is InChI=1S/C30H32N2O5/c1-19-15-20(2)17-24(16-19)32(30(35)22-9-12-26-27(18-22)37-14-13-36-26)28(21-7-10-25(33)11-8-21)29(34)31-23-5-3-4-6-23/h7-12,15-18,23,28,33H,3-6,13-14H2,1-2H3,(H,31,34)/t28-/m1/s1. The van der Waals surface area contributed by atoms with Gasteiger partial charge in [0.25, 0.3) is 5.91 Å². The normalized spacial score (nSPS) is 15.7. The van der Waals surface area contributed by atoms with Gasteiger partial charge in [0.1, 0.15) is 25.0 Å². The quantitative estimate of drug-likeness (QED) is 0.484. The van der Waals surface area contributed by atoms with Crippen LogP contribution in [-0.2, 0) is 4.79 Å². The minimum Gasteiger partial charge on any atom is -0.508 e. The number of amides is 2. The number of rotatable bonds is 6. The van der Waals surface area contributed by atoms with Gasteiger partial charge in [-0.1, -0.05) is 31.0 Å². The van der Waals surface area contributed by atoms with Crippen LogP contribution in [-0.4, -0.2) is 36.2 Å². The topological polar surface area (TPSA) is 88.1 Å². The van der Waals surface area contributed by atoms with Crippen LogP contribution in [0.15, 0.2) is 60.7 Å². The molecule has 0 spiro atoms. The van der Waals surface area contributed by atoms with Crippen LogP contribution >= 0.6 is 0 Å². The van der Waals surface area contributed by atoms with Crippen molar-refractivity contribution in [2.45, 2.75) is 51.6 Å². The molecular formula is C30H32N2O5. The van der Waals surface area contributed by atoms with Crippen molar-refractivity contribution in [3.8, 4) is 17.2 Å². The number of ether oxygens (including phenoxy) is 2. The summed E-state index contributed by atoms with van der Waals surface area (Å²) in [4.78, 5) is 29.8. The van der Waals surface area contributed by atoms with Gasteiger partial charge in [-0.3, -0.25) is 14.5 Å². The number of nitrogens with zero attached hydrogens (tertiary/aromatic N) is 1. The third-order valence-electron chi connectivity index (χ3n) is 6.91. The van der Waals surface area contributed by atoms with E-state index in [0.29, 0.717) is 41.5 Å². The number of benzene rings is 3. The first-order chi connectivity index (χ1) is 17.9. The molecule has 1 heterocycles. The number of fused-ring (bicyclic) bond motifs is 1. The summed E-state index contributed by atoms with van der Waals surface area (Å²) in [5.41, 5.74) is 3.59. The van der Waals surface area contributed by atoms with Crippen molar-refractivity contribution < 1.29 is 24.2 Å². The van der Waals surface area contributed by atoms with Crippen LogP contribution in [0, 0.1) is 13.8 Å². The molecule has 1 fully saturated rings. The molecule has 2 N–H and O–H groups in total. The fraction of sp³-hybridized carbons (Fsp3) is 0.333. The van der Waals surface area contributed by atoms with Crippen LogP contribution in [0.3, 0.4) is 0 Å². The Morgan fingerprint density at radius 1 is 0.892 bits per heavy atom. The number of carbonyl (C=O) groups is 2. The van der Waals surface area contributed by atoms with Gasteiger partial charge in [0.15, 0.2) is 11.5 Å². The second kappa shape index (κ2) is 10.5. The molecule has 37 heavy (non-hydrogen) atoms. The molecule has 0 unspecified atom stereocenters. The number of nitrogens with one attached hydrogen (secondary N) is 1. The summed E-state index contributed by atoms with van der Waals surface area (Å²) in [6.45, 7) is 4.80. The molecule has 7 nitrogen and oxygen atoms in total. The number of hydrogen-bond donors (Lipinski definition) is 2. The third kappa shape index (κ3) is 5.40. The van der Waals surface area contributed by atoms with Crippen molar-refractivity contribution in [2.75, 3.05) is 18.1 Å². The van der Waals surface area contributed by atoms with Crippen LogP contribution in [0.2, 0.25) is 0 Å². The van der Waals surface area contributed by atoms with E-state index in [1.807, 2.05) is 32.0 Å². The lowest BCUT2D eigenvalue weighted by molar-refractivity contribution is -0.123. The first-order valence-electron chi connectivity index (χ1n) is 12.8. The molecule has 0 bridgehead atoms. The zero-order valence-electron chi connectivity index (χ0n) is 21.2. The summed E-state index contributed by atoms with van der Waals surface area (Å²) in [6, 6.07) is 16.6. The van der Waals surface area contributed by atoms with Gasteiger partial charge in [0.2, 0.25) is 5.91 Å². The molecule has 1 aliphatic carbocycles. The molecular weight excluding hydrogens is 468 g/mol. The van der Waals surface area contributed by atoms with Crippen molar-refractivity contribution in [2.24, 2.45) is 0 Å². The summed E-state index contributed by atoms with van der Waals surface area (Å²) < 4.78 is 11.4. The first kappa shape index (κ1) is 24.7. The number of phenolic OH excluding ortho intramolecular Hbond substituents is 1. The summed E-state index contributed by atoms with van der Waals surface area (Å²) in [5.74, 6) is 0.614. The molecule has 7 heteroatoms. The molecule has 2 aliphatic rings. The lowest BCUT2D eigenvalue weighted by atomic mass is 9.99. The molecule has 0 aromatic heterocycles. The van der Waals surface area contributed by atoms with Gasteiger partial charge in [0.05, 0.1) is 0 Å². The summed E-state index contributed by atoms with van der Waals surface area (Å²) in [6.07, 6.45) is 4.00. The smallest absolute Gasteiger partial charge is 0.259 e. The maximum absolute atomic E-state index is 14.3. The molecule has 5 rings (SSSR count). The number of aryl methyl sites for hydroxylation is 2. The predicted molar refractivity (Wildman–Crippen MR) is 141 cm³/mol. The Bertz CT molecular complexity index is 1280. The highest BCUT2D eigenvalue weighted by molar-refractivity contribution is 6.10. The van der Waals surface area contributed by atoms with Crippen molar-refractivity contribution in [3.63, 3.8) is 0 Å². The zero-order valence-corrected chi connectivity index (χ0v) is 21.2. The second-order valence-electron chi connectivity index (χ2n) is 9.86. The molecule has 2 amide bonds. The maximum Gasteiger partial charge on any atom is 0.259 e. The number of aromatic hydroxyl groups is 1. The molecule has 3 aromatic carbocycles. The van der Waals surface area contributed by atoms with Crippen LogP contribution in [0.1, 0.15) is 58.8 Å². The molecule has 0 radical (unpaired) electrons. The summed E-state index contributed by atoms with van der Waals surface area (Å²) in [5, 5.41) is 13.1. The monoisotopic (exact) mass is 500 g/mol. The average molecular weight is 501 g/mol. The second-order valence-corrected chi connectivity index (χ2v) is 9.86. The Morgan fingerprint density at radius 2 is 1.54 bits per heavy atom. The predicted octanol–water partition coefficient (Wildman–Crippen LogP) is 5.23. The molecule has 1 atom stereocenters. The van der Waals surface area contributed by atoms with Gasteiger partial charge in [0, 0.05) is 17.3 Å². The number of anilines is 1.